The van der Waals surface area contributed by atoms with Gasteiger partial charge in [0.15, 0.2) is 0 Å². The summed E-state index contributed by atoms with van der Waals surface area (Å²) >= 11 is 0. The maximum atomic E-state index is 5.39. The molecule has 0 radical (unpaired) electrons. The number of aryl methyl sites for hydroxylation is 1. The molecule has 0 aromatic heterocycles. The van der Waals surface area contributed by atoms with Gasteiger partial charge in [-0.15, -0.1) is 0 Å². The van der Waals surface area contributed by atoms with Crippen molar-refractivity contribution in [2.24, 2.45) is 0 Å². The average molecular weight is 194 g/mol. The molecule has 0 fully saturated rings. The molecule has 14 heavy (non-hydrogen) atoms. The summed E-state index contributed by atoms with van der Waals surface area (Å²) in [5.74, 6) is 0. The summed E-state index contributed by atoms with van der Waals surface area (Å²) in [5, 5.41) is 1.85. The molecule has 1 N–H and O–H groups in total. The minimum absolute atomic E-state index is 0.870. The molecule has 78 valence electrons. The average Bonchev–Trinajstić information content (AvgIpc) is 2.22. The standard InChI is InChI=1S/C11H18N2O/c1-4-13(5-2)14-12-11-9-7-6-8-10(11)3/h6-9,12H,4-5H2,1-3H3. The molecule has 0 aliphatic carbocycles. The lowest BCUT2D eigenvalue weighted by molar-refractivity contribution is -0.124. The molecule has 1 aromatic rings. The van der Waals surface area contributed by atoms with Crippen molar-refractivity contribution in [1.82, 2.24) is 5.06 Å². The van der Waals surface area contributed by atoms with E-state index < -0.39 is 0 Å². The lowest BCUT2D eigenvalue weighted by atomic mass is 10.2. The van der Waals surface area contributed by atoms with Crippen molar-refractivity contribution in [2.75, 3.05) is 18.6 Å². The van der Waals surface area contributed by atoms with Crippen LogP contribution in [0.4, 0.5) is 5.69 Å². The Kier molecular flexibility index (Phi) is 4.43. The third kappa shape index (κ3) is 3.01. The number of hydroxylamine groups is 2. The van der Waals surface area contributed by atoms with E-state index in [9.17, 15) is 0 Å². The SMILES string of the molecule is CCN(CC)ONc1ccccc1C. The number of anilines is 1. The van der Waals surface area contributed by atoms with Gasteiger partial charge in [0.2, 0.25) is 0 Å². The van der Waals surface area contributed by atoms with Gasteiger partial charge in [-0.2, -0.15) is 10.0 Å². The van der Waals surface area contributed by atoms with Crippen LogP contribution in [0.25, 0.3) is 0 Å². The van der Waals surface area contributed by atoms with Gasteiger partial charge in [-0.3, -0.25) is 0 Å². The Morgan fingerprint density at radius 3 is 2.43 bits per heavy atom. The summed E-state index contributed by atoms with van der Waals surface area (Å²) in [6.07, 6.45) is 0. The fourth-order valence-electron chi connectivity index (χ4n) is 1.15. The van der Waals surface area contributed by atoms with Crippen LogP contribution in [0.3, 0.4) is 0 Å². The second kappa shape index (κ2) is 5.62. The molecule has 3 nitrogen and oxygen atoms in total. The molecule has 0 unspecified atom stereocenters. The van der Waals surface area contributed by atoms with E-state index in [1.165, 1.54) is 5.56 Å². The highest BCUT2D eigenvalue weighted by Crippen LogP contribution is 2.13. The molecule has 0 aliphatic heterocycles. The number of para-hydroxylation sites is 1. The first kappa shape index (κ1) is 11.0. The van der Waals surface area contributed by atoms with Crippen molar-refractivity contribution < 1.29 is 4.94 Å². The highest BCUT2D eigenvalue weighted by molar-refractivity contribution is 5.48. The summed E-state index contributed by atoms with van der Waals surface area (Å²) in [5.41, 5.74) is 5.13. The van der Waals surface area contributed by atoms with E-state index in [1.807, 2.05) is 36.3 Å². The predicted molar refractivity (Wildman–Crippen MR) is 58.8 cm³/mol. The van der Waals surface area contributed by atoms with Crippen molar-refractivity contribution in [3.05, 3.63) is 29.8 Å². The monoisotopic (exact) mass is 194 g/mol. The Morgan fingerprint density at radius 1 is 1.21 bits per heavy atom. The van der Waals surface area contributed by atoms with Crippen LogP contribution in [0.15, 0.2) is 24.3 Å². The molecule has 1 rings (SSSR count). The quantitative estimate of drug-likeness (QED) is 0.729. The highest BCUT2D eigenvalue weighted by Gasteiger charge is 2.00. The summed E-state index contributed by atoms with van der Waals surface area (Å²) in [6.45, 7) is 7.91. The normalized spacial score (nSPS) is 10.6. The van der Waals surface area contributed by atoms with Gasteiger partial charge in [0.05, 0.1) is 5.69 Å². The van der Waals surface area contributed by atoms with Gasteiger partial charge in [0.1, 0.15) is 0 Å². The Morgan fingerprint density at radius 2 is 1.86 bits per heavy atom. The molecular weight excluding hydrogens is 176 g/mol. The number of nitrogens with one attached hydrogen (secondary N) is 1. The van der Waals surface area contributed by atoms with Crippen molar-refractivity contribution in [3.63, 3.8) is 0 Å². The van der Waals surface area contributed by atoms with E-state index in [4.69, 9.17) is 4.94 Å². The number of hydrogen-bond donors (Lipinski definition) is 1. The summed E-state index contributed by atoms with van der Waals surface area (Å²) in [4.78, 5) is 5.39. The van der Waals surface area contributed by atoms with Crippen LogP contribution in [0.1, 0.15) is 19.4 Å². The maximum absolute atomic E-state index is 5.39. The van der Waals surface area contributed by atoms with Gasteiger partial charge in [0, 0.05) is 13.1 Å². The van der Waals surface area contributed by atoms with E-state index in [2.05, 4.69) is 19.3 Å². The largest absolute Gasteiger partial charge is 0.247 e. The second-order valence-corrected chi connectivity index (χ2v) is 3.12. The number of hydrogen-bond acceptors (Lipinski definition) is 3. The molecule has 3 heteroatoms. The molecular formula is C11H18N2O. The maximum Gasteiger partial charge on any atom is 0.0652 e. The van der Waals surface area contributed by atoms with Crippen molar-refractivity contribution in [2.45, 2.75) is 20.8 Å². The number of benzene rings is 1. The molecule has 0 bridgehead atoms. The highest BCUT2D eigenvalue weighted by atomic mass is 16.8. The van der Waals surface area contributed by atoms with E-state index in [0.29, 0.717) is 0 Å². The zero-order chi connectivity index (χ0) is 10.4. The van der Waals surface area contributed by atoms with Gasteiger partial charge in [-0.25, -0.2) is 5.48 Å². The molecule has 0 heterocycles. The van der Waals surface area contributed by atoms with E-state index >= 15 is 0 Å². The van der Waals surface area contributed by atoms with Gasteiger partial charge in [-0.1, -0.05) is 18.2 Å². The first-order chi connectivity index (χ1) is 6.77. The Balaban J connectivity index is 2.49. The van der Waals surface area contributed by atoms with E-state index in [1.54, 1.807) is 0 Å². The van der Waals surface area contributed by atoms with Crippen LogP contribution >= 0.6 is 0 Å². The van der Waals surface area contributed by atoms with Crippen molar-refractivity contribution >= 4 is 5.69 Å². The molecule has 0 aliphatic rings. The first-order valence-corrected chi connectivity index (χ1v) is 5.01. The van der Waals surface area contributed by atoms with Gasteiger partial charge >= 0.3 is 0 Å². The third-order valence-electron chi connectivity index (χ3n) is 2.14. The predicted octanol–water partition coefficient (Wildman–Crippen LogP) is 2.60. The zero-order valence-corrected chi connectivity index (χ0v) is 9.08. The van der Waals surface area contributed by atoms with Crippen LogP contribution in [-0.4, -0.2) is 18.2 Å². The smallest absolute Gasteiger partial charge is 0.0652 e. The summed E-state index contributed by atoms with van der Waals surface area (Å²) in [6, 6.07) is 8.05. The lowest BCUT2D eigenvalue weighted by Crippen LogP contribution is -2.26. The van der Waals surface area contributed by atoms with Crippen LogP contribution in [-0.2, 0) is 4.94 Å². The molecule has 0 saturated carbocycles. The Hall–Kier alpha value is -1.06. The van der Waals surface area contributed by atoms with Crippen LogP contribution in [0.2, 0.25) is 0 Å². The molecule has 0 amide bonds. The van der Waals surface area contributed by atoms with Crippen LogP contribution in [0, 0.1) is 6.92 Å². The molecule has 0 spiro atoms. The van der Waals surface area contributed by atoms with E-state index in [-0.39, 0.29) is 0 Å². The summed E-state index contributed by atoms with van der Waals surface area (Å²) < 4.78 is 0. The lowest BCUT2D eigenvalue weighted by Gasteiger charge is -2.18. The van der Waals surface area contributed by atoms with Gasteiger partial charge in [0.25, 0.3) is 0 Å². The topological polar surface area (TPSA) is 24.5 Å². The van der Waals surface area contributed by atoms with Crippen LogP contribution in [0.5, 0.6) is 0 Å². The van der Waals surface area contributed by atoms with Crippen molar-refractivity contribution in [1.29, 1.82) is 0 Å². The van der Waals surface area contributed by atoms with Gasteiger partial charge in [-0.05, 0) is 32.4 Å². The van der Waals surface area contributed by atoms with Crippen molar-refractivity contribution in [3.8, 4) is 0 Å². The molecule has 0 atom stereocenters. The number of nitrogens with zero attached hydrogens (tertiary/aromatic N) is 1. The Bertz CT molecular complexity index is 272. The minimum atomic E-state index is 0.870. The fourth-order valence-corrected chi connectivity index (χ4v) is 1.15. The molecule has 1 aromatic carbocycles. The van der Waals surface area contributed by atoms with Crippen LogP contribution < -0.4 is 5.48 Å². The second-order valence-electron chi connectivity index (χ2n) is 3.12. The van der Waals surface area contributed by atoms with Gasteiger partial charge < -0.3 is 0 Å². The first-order valence-electron chi connectivity index (χ1n) is 5.01. The Labute approximate surface area is 85.6 Å². The molecule has 0 saturated heterocycles. The third-order valence-corrected chi connectivity index (χ3v) is 2.14. The van der Waals surface area contributed by atoms with E-state index in [0.717, 1.165) is 18.8 Å². The summed E-state index contributed by atoms with van der Waals surface area (Å²) in [7, 11) is 0. The fraction of sp³-hybridized carbons (Fsp3) is 0.455. The number of rotatable bonds is 5. The zero-order valence-electron chi connectivity index (χ0n) is 9.08. The minimum Gasteiger partial charge on any atom is -0.247 e.